The number of nitrogens with one attached hydrogen (secondary N) is 1. The topological polar surface area (TPSA) is 81.7 Å². The fourth-order valence-electron chi connectivity index (χ4n) is 1.88. The molecule has 0 aliphatic carbocycles. The first-order valence-electron chi connectivity index (χ1n) is 6.52. The third-order valence-electron chi connectivity index (χ3n) is 3.06. The maximum Gasteiger partial charge on any atom is 0.339 e. The van der Waals surface area contributed by atoms with Crippen LogP contribution in [0.4, 0.5) is 5.69 Å². The second kappa shape index (κ2) is 7.42. The number of carbonyl (C=O) groups is 1. The van der Waals surface area contributed by atoms with E-state index in [0.29, 0.717) is 10.2 Å². The molecular formula is C15H13BrClNO5S. The van der Waals surface area contributed by atoms with Gasteiger partial charge in [-0.15, -0.1) is 0 Å². The van der Waals surface area contributed by atoms with Gasteiger partial charge in [-0.25, -0.2) is 13.2 Å². The van der Waals surface area contributed by atoms with Crippen molar-refractivity contribution in [3.8, 4) is 5.75 Å². The van der Waals surface area contributed by atoms with Gasteiger partial charge in [0.15, 0.2) is 0 Å². The van der Waals surface area contributed by atoms with Crippen LogP contribution in [0.1, 0.15) is 10.4 Å². The Bertz CT molecular complexity index is 885. The maximum atomic E-state index is 12.5. The molecule has 2 rings (SSSR count). The lowest BCUT2D eigenvalue weighted by Gasteiger charge is -2.11. The van der Waals surface area contributed by atoms with Crippen LogP contribution in [0.5, 0.6) is 5.75 Å². The van der Waals surface area contributed by atoms with Gasteiger partial charge in [0.25, 0.3) is 10.0 Å². The van der Waals surface area contributed by atoms with E-state index < -0.39 is 16.0 Å². The molecule has 0 aliphatic rings. The van der Waals surface area contributed by atoms with E-state index in [2.05, 4.69) is 25.4 Å². The molecule has 0 unspecified atom stereocenters. The summed E-state index contributed by atoms with van der Waals surface area (Å²) in [7, 11) is -1.16. The van der Waals surface area contributed by atoms with Crippen LogP contribution in [-0.4, -0.2) is 28.6 Å². The Morgan fingerprint density at radius 2 is 1.88 bits per heavy atom. The standard InChI is InChI=1S/C15H13BrClNO5S/c1-22-14-6-4-10(8-12(14)16)24(20,21)18-9-3-5-13(17)11(7-9)15(19)23-2/h3-8,18H,1-2H3. The highest BCUT2D eigenvalue weighted by molar-refractivity contribution is 9.10. The molecule has 0 aliphatic heterocycles. The molecule has 24 heavy (non-hydrogen) atoms. The van der Waals surface area contributed by atoms with Crippen LogP contribution in [0.15, 0.2) is 45.8 Å². The smallest absolute Gasteiger partial charge is 0.339 e. The Balaban J connectivity index is 2.36. The summed E-state index contributed by atoms with van der Waals surface area (Å²) in [6, 6.07) is 8.52. The lowest BCUT2D eigenvalue weighted by molar-refractivity contribution is 0.0601. The minimum Gasteiger partial charge on any atom is -0.496 e. The molecule has 0 saturated carbocycles. The summed E-state index contributed by atoms with van der Waals surface area (Å²) in [5.74, 6) is -0.151. The maximum absolute atomic E-state index is 12.5. The summed E-state index contributed by atoms with van der Waals surface area (Å²) in [6.07, 6.45) is 0. The van der Waals surface area contributed by atoms with E-state index >= 15 is 0 Å². The molecule has 0 spiro atoms. The first-order chi connectivity index (χ1) is 11.3. The van der Waals surface area contributed by atoms with Crippen molar-refractivity contribution in [3.63, 3.8) is 0 Å². The van der Waals surface area contributed by atoms with Crippen LogP contribution >= 0.6 is 27.5 Å². The highest BCUT2D eigenvalue weighted by Gasteiger charge is 2.18. The number of hydrogen-bond donors (Lipinski definition) is 1. The first kappa shape index (κ1) is 18.6. The Kier molecular flexibility index (Phi) is 5.74. The third kappa shape index (κ3) is 4.00. The molecule has 128 valence electrons. The van der Waals surface area contributed by atoms with E-state index in [0.717, 1.165) is 0 Å². The monoisotopic (exact) mass is 433 g/mol. The molecule has 1 N–H and O–H groups in total. The van der Waals surface area contributed by atoms with E-state index in [1.165, 1.54) is 50.6 Å². The van der Waals surface area contributed by atoms with Crippen LogP contribution in [-0.2, 0) is 14.8 Å². The highest BCUT2D eigenvalue weighted by atomic mass is 79.9. The van der Waals surface area contributed by atoms with Crippen molar-refractivity contribution in [2.45, 2.75) is 4.90 Å². The zero-order valence-corrected chi connectivity index (χ0v) is 15.8. The number of carbonyl (C=O) groups excluding carboxylic acids is 1. The number of halogens is 2. The second-order valence-corrected chi connectivity index (χ2v) is 7.53. The first-order valence-corrected chi connectivity index (χ1v) is 9.18. The van der Waals surface area contributed by atoms with E-state index in [1.807, 2.05) is 0 Å². The molecule has 0 saturated heterocycles. The van der Waals surface area contributed by atoms with Gasteiger partial charge in [-0.1, -0.05) is 11.6 Å². The van der Waals surface area contributed by atoms with Gasteiger partial charge in [0.05, 0.1) is 34.2 Å². The lowest BCUT2D eigenvalue weighted by Crippen LogP contribution is -2.14. The number of anilines is 1. The van der Waals surface area contributed by atoms with E-state index in [-0.39, 0.29) is 21.2 Å². The Labute approximate surface area is 152 Å². The predicted molar refractivity (Wildman–Crippen MR) is 94.3 cm³/mol. The summed E-state index contributed by atoms with van der Waals surface area (Å²) in [5, 5.41) is 0.164. The molecule has 0 radical (unpaired) electrons. The minimum atomic E-state index is -3.85. The van der Waals surface area contributed by atoms with Crippen molar-refractivity contribution in [3.05, 3.63) is 51.5 Å². The van der Waals surface area contributed by atoms with Gasteiger partial charge < -0.3 is 9.47 Å². The quantitative estimate of drug-likeness (QED) is 0.726. The number of esters is 1. The van der Waals surface area contributed by atoms with Crippen molar-refractivity contribution < 1.29 is 22.7 Å². The largest absolute Gasteiger partial charge is 0.496 e. The molecule has 9 heteroatoms. The minimum absolute atomic E-state index is 0.0322. The molecule has 0 heterocycles. The summed E-state index contributed by atoms with van der Waals surface area (Å²) in [5.41, 5.74) is 0.252. The molecule has 0 aromatic heterocycles. The molecule has 2 aromatic rings. The van der Waals surface area contributed by atoms with Crippen LogP contribution in [0.25, 0.3) is 0 Å². The Morgan fingerprint density at radius 1 is 1.17 bits per heavy atom. The zero-order valence-electron chi connectivity index (χ0n) is 12.7. The van der Waals surface area contributed by atoms with Gasteiger partial charge in [-0.05, 0) is 52.3 Å². The number of sulfonamides is 1. The molecule has 2 aromatic carbocycles. The predicted octanol–water partition coefficient (Wildman–Crippen LogP) is 3.70. The average Bonchev–Trinajstić information content (AvgIpc) is 2.55. The van der Waals surface area contributed by atoms with E-state index in [4.69, 9.17) is 16.3 Å². The number of rotatable bonds is 5. The third-order valence-corrected chi connectivity index (χ3v) is 5.39. The molecule has 0 bridgehead atoms. The second-order valence-electron chi connectivity index (χ2n) is 4.59. The number of benzene rings is 2. The average molecular weight is 435 g/mol. The van der Waals surface area contributed by atoms with Gasteiger partial charge in [0.1, 0.15) is 5.75 Å². The van der Waals surface area contributed by atoms with Gasteiger partial charge in [0, 0.05) is 5.69 Å². The van der Waals surface area contributed by atoms with E-state index in [1.54, 1.807) is 0 Å². The fourth-order valence-corrected chi connectivity index (χ4v) is 3.85. The van der Waals surface area contributed by atoms with Crippen LogP contribution in [0, 0.1) is 0 Å². The van der Waals surface area contributed by atoms with Crippen LogP contribution in [0.2, 0.25) is 5.02 Å². The molecule has 6 nitrogen and oxygen atoms in total. The van der Waals surface area contributed by atoms with Gasteiger partial charge in [-0.3, -0.25) is 4.72 Å². The summed E-state index contributed by atoms with van der Waals surface area (Å²) in [6.45, 7) is 0. The fraction of sp³-hybridized carbons (Fsp3) is 0.133. The van der Waals surface area contributed by atoms with Crippen molar-refractivity contribution in [1.82, 2.24) is 0 Å². The van der Waals surface area contributed by atoms with Crippen LogP contribution in [0.3, 0.4) is 0 Å². The van der Waals surface area contributed by atoms with Crippen molar-refractivity contribution in [1.29, 1.82) is 0 Å². The highest BCUT2D eigenvalue weighted by Crippen LogP contribution is 2.29. The van der Waals surface area contributed by atoms with Gasteiger partial charge >= 0.3 is 5.97 Å². The van der Waals surface area contributed by atoms with Crippen LogP contribution < -0.4 is 9.46 Å². The number of ether oxygens (including phenoxy) is 2. The molecular weight excluding hydrogens is 422 g/mol. The van der Waals surface area contributed by atoms with E-state index in [9.17, 15) is 13.2 Å². The summed E-state index contributed by atoms with van der Waals surface area (Å²) >= 11 is 9.15. The normalized spacial score (nSPS) is 11.0. The van der Waals surface area contributed by atoms with Gasteiger partial charge in [-0.2, -0.15) is 0 Å². The Hall–Kier alpha value is -1.77. The lowest BCUT2D eigenvalue weighted by atomic mass is 10.2. The summed E-state index contributed by atoms with van der Waals surface area (Å²) < 4.78 is 37.5. The number of hydrogen-bond acceptors (Lipinski definition) is 5. The molecule has 0 amide bonds. The zero-order chi connectivity index (χ0) is 17.9. The molecule has 0 atom stereocenters. The molecule has 0 fully saturated rings. The van der Waals surface area contributed by atoms with Crippen molar-refractivity contribution >= 4 is 49.2 Å². The van der Waals surface area contributed by atoms with Crippen molar-refractivity contribution in [2.75, 3.05) is 18.9 Å². The SMILES string of the molecule is COC(=O)c1cc(NS(=O)(=O)c2ccc(OC)c(Br)c2)ccc1Cl. The van der Waals surface area contributed by atoms with Crippen molar-refractivity contribution in [2.24, 2.45) is 0 Å². The summed E-state index contributed by atoms with van der Waals surface area (Å²) in [4.78, 5) is 11.7. The Morgan fingerprint density at radius 3 is 2.46 bits per heavy atom. The number of methoxy groups -OCH3 is 2. The van der Waals surface area contributed by atoms with Gasteiger partial charge in [0.2, 0.25) is 0 Å².